The first-order chi connectivity index (χ1) is 6.00. The molecular weight excluding hydrogens is 140 g/mol. The highest BCUT2D eigenvalue weighted by Gasteiger charge is 2.42. The predicted octanol–water partition coefficient (Wildman–Crippen LogP) is 2.53. The van der Waals surface area contributed by atoms with E-state index in [1.807, 2.05) is 0 Å². The third kappa shape index (κ3) is 1.73. The van der Waals surface area contributed by atoms with Crippen molar-refractivity contribution >= 4 is 5.97 Å². The molecule has 0 aromatic rings. The van der Waals surface area contributed by atoms with Crippen LogP contribution in [0.5, 0.6) is 0 Å². The smallest absolute Gasteiger partial charge is 0.309 e. The third-order valence-electron chi connectivity index (χ3n) is 2.18. The van der Waals surface area contributed by atoms with Gasteiger partial charge in [-0.2, -0.15) is 0 Å². The molecule has 0 aromatic carbocycles. The molecule has 0 aliphatic carbocycles. The van der Waals surface area contributed by atoms with Crippen LogP contribution in [-0.4, -0.2) is 11.1 Å². The minimum Gasteiger partial charge on any atom is -0.481 e. The topological polar surface area (TPSA) is 37.3 Å². The van der Waals surface area contributed by atoms with E-state index in [-0.39, 0.29) is 6.42 Å². The minimum absolute atomic E-state index is 0.0995. The largest absolute Gasteiger partial charge is 0.481 e. The number of hydrogen-bond donors (Lipinski definition) is 1. The molecule has 0 fully saturated rings. The number of aliphatic carboxylic acids is 1. The highest BCUT2D eigenvalue weighted by molar-refractivity contribution is 5.75. The number of hydrogen-bond acceptors (Lipinski definition) is 1. The monoisotopic (exact) mass is 161 g/mol. The van der Waals surface area contributed by atoms with Crippen LogP contribution in [0.25, 0.3) is 0 Å². The molecule has 0 saturated heterocycles. The second-order valence-corrected chi connectivity index (χ2v) is 3.81. The Kier molecular flexibility index (Phi) is 1.56. The van der Waals surface area contributed by atoms with E-state index in [0.29, 0.717) is 0 Å². The van der Waals surface area contributed by atoms with Crippen molar-refractivity contribution in [1.29, 1.82) is 0 Å². The standard InChI is InChI=1S/C9H18O2/c1-6-9(5,7(10)11)8(2,3)4/h6H2,1-5H3,(H,10,11)/i5D3. The first kappa shape index (κ1) is 6.04. The number of carboxylic acid groups (broad SMARTS) is 1. The van der Waals surface area contributed by atoms with Gasteiger partial charge >= 0.3 is 5.97 Å². The predicted molar refractivity (Wildman–Crippen MR) is 45.5 cm³/mol. The van der Waals surface area contributed by atoms with Gasteiger partial charge in [0.25, 0.3) is 0 Å². The van der Waals surface area contributed by atoms with Gasteiger partial charge < -0.3 is 5.11 Å². The normalized spacial score (nSPS) is 22.7. The van der Waals surface area contributed by atoms with E-state index in [9.17, 15) is 4.79 Å². The van der Waals surface area contributed by atoms with Gasteiger partial charge in [0, 0.05) is 4.11 Å². The zero-order valence-electron chi connectivity index (χ0n) is 10.6. The molecule has 0 aromatic heterocycles. The van der Waals surface area contributed by atoms with E-state index in [1.165, 1.54) is 0 Å². The van der Waals surface area contributed by atoms with Gasteiger partial charge in [-0.3, -0.25) is 4.79 Å². The molecule has 0 amide bonds. The van der Waals surface area contributed by atoms with Crippen molar-refractivity contribution in [3.05, 3.63) is 0 Å². The van der Waals surface area contributed by atoms with Gasteiger partial charge in [-0.25, -0.2) is 0 Å². The summed E-state index contributed by atoms with van der Waals surface area (Å²) < 4.78 is 22.1. The van der Waals surface area contributed by atoms with Crippen molar-refractivity contribution < 1.29 is 14.0 Å². The Morgan fingerprint density at radius 1 is 1.55 bits per heavy atom. The van der Waals surface area contributed by atoms with E-state index in [2.05, 4.69) is 0 Å². The molecule has 1 atom stereocenters. The molecule has 0 aliphatic rings. The molecule has 0 saturated carbocycles. The summed E-state index contributed by atoms with van der Waals surface area (Å²) in [5, 5.41) is 9.14. The molecule has 0 spiro atoms. The highest BCUT2D eigenvalue weighted by atomic mass is 16.4. The van der Waals surface area contributed by atoms with Gasteiger partial charge in [0.1, 0.15) is 0 Å². The molecule has 0 rings (SSSR count). The average Bonchev–Trinajstić information content (AvgIpc) is 1.80. The van der Waals surface area contributed by atoms with Crippen LogP contribution >= 0.6 is 0 Å². The lowest BCUT2D eigenvalue weighted by Gasteiger charge is -2.37. The molecule has 0 radical (unpaired) electrons. The lowest BCUT2D eigenvalue weighted by atomic mass is 9.66. The van der Waals surface area contributed by atoms with Crippen molar-refractivity contribution in [2.45, 2.75) is 41.0 Å². The first-order valence-electron chi connectivity index (χ1n) is 5.24. The molecule has 0 aliphatic heterocycles. The van der Waals surface area contributed by atoms with Gasteiger partial charge in [0.15, 0.2) is 0 Å². The van der Waals surface area contributed by atoms with Crippen molar-refractivity contribution in [3.8, 4) is 0 Å². The second-order valence-electron chi connectivity index (χ2n) is 3.81. The maximum atomic E-state index is 11.2. The Bertz CT molecular complexity index is 211. The average molecular weight is 161 g/mol. The van der Waals surface area contributed by atoms with E-state index >= 15 is 0 Å². The molecule has 2 nitrogen and oxygen atoms in total. The highest BCUT2D eigenvalue weighted by Crippen LogP contribution is 2.41. The quantitative estimate of drug-likeness (QED) is 0.675. The Hall–Kier alpha value is -0.530. The van der Waals surface area contributed by atoms with E-state index in [0.717, 1.165) is 0 Å². The fourth-order valence-corrected chi connectivity index (χ4v) is 1.00. The second kappa shape index (κ2) is 2.84. The van der Waals surface area contributed by atoms with Crippen LogP contribution in [0, 0.1) is 10.8 Å². The maximum Gasteiger partial charge on any atom is 0.309 e. The van der Waals surface area contributed by atoms with Crippen LogP contribution in [0.1, 0.15) is 45.1 Å². The maximum absolute atomic E-state index is 11.2. The van der Waals surface area contributed by atoms with E-state index < -0.39 is 23.7 Å². The summed E-state index contributed by atoms with van der Waals surface area (Å²) in [6.45, 7) is 4.07. The van der Waals surface area contributed by atoms with Crippen molar-refractivity contribution in [2.24, 2.45) is 10.8 Å². The van der Waals surface area contributed by atoms with Crippen molar-refractivity contribution in [2.75, 3.05) is 0 Å². The Balaban J connectivity index is 5.58. The number of carbonyl (C=O) groups is 1. The lowest BCUT2D eigenvalue weighted by molar-refractivity contribution is -0.154. The third-order valence-corrected chi connectivity index (χ3v) is 2.18. The van der Waals surface area contributed by atoms with Gasteiger partial charge in [-0.15, -0.1) is 0 Å². The van der Waals surface area contributed by atoms with Crippen LogP contribution in [-0.2, 0) is 4.79 Å². The van der Waals surface area contributed by atoms with Gasteiger partial charge in [0.2, 0.25) is 0 Å². The summed E-state index contributed by atoms with van der Waals surface area (Å²) in [6, 6.07) is 0. The van der Waals surface area contributed by atoms with E-state index in [1.54, 1.807) is 27.7 Å². The number of rotatable bonds is 2. The van der Waals surface area contributed by atoms with Crippen LogP contribution in [0.15, 0.2) is 0 Å². The Morgan fingerprint density at radius 3 is 2.00 bits per heavy atom. The molecule has 11 heavy (non-hydrogen) atoms. The summed E-state index contributed by atoms with van der Waals surface area (Å²) in [5.41, 5.74) is -2.46. The lowest BCUT2D eigenvalue weighted by Crippen LogP contribution is -2.39. The van der Waals surface area contributed by atoms with Crippen LogP contribution in [0.2, 0.25) is 0 Å². The van der Waals surface area contributed by atoms with Crippen LogP contribution < -0.4 is 0 Å². The van der Waals surface area contributed by atoms with Gasteiger partial charge in [0.05, 0.1) is 5.41 Å². The zero-order chi connectivity index (χ0) is 11.8. The molecule has 1 N–H and O–H groups in total. The Labute approximate surface area is 72.8 Å². The van der Waals surface area contributed by atoms with Crippen molar-refractivity contribution in [1.82, 2.24) is 0 Å². The summed E-state index contributed by atoms with van der Waals surface area (Å²) in [5.74, 6) is -1.24. The molecule has 0 bridgehead atoms. The Morgan fingerprint density at radius 2 is 2.00 bits per heavy atom. The molecule has 1 unspecified atom stereocenters. The summed E-state index contributed by atoms with van der Waals surface area (Å²) in [6.07, 6.45) is 0.0995. The molecule has 0 heterocycles. The zero-order valence-corrected chi connectivity index (χ0v) is 7.56. The van der Waals surface area contributed by atoms with Gasteiger partial charge in [-0.1, -0.05) is 27.7 Å². The van der Waals surface area contributed by atoms with Crippen molar-refractivity contribution in [3.63, 3.8) is 0 Å². The summed E-state index contributed by atoms with van der Waals surface area (Å²) in [7, 11) is 0. The molecule has 2 heteroatoms. The van der Waals surface area contributed by atoms with Crippen LogP contribution in [0.3, 0.4) is 0 Å². The first-order valence-corrected chi connectivity index (χ1v) is 3.74. The fourth-order valence-electron chi connectivity index (χ4n) is 1.00. The SMILES string of the molecule is [2H]C([2H])([2H])C(CC)(C(=O)O)C(C)(C)C. The molecular formula is C9H18O2. The number of carboxylic acids is 1. The minimum atomic E-state index is -2.48. The summed E-state index contributed by atoms with van der Waals surface area (Å²) in [4.78, 5) is 11.2. The van der Waals surface area contributed by atoms with E-state index in [4.69, 9.17) is 9.22 Å². The fraction of sp³-hybridized carbons (Fsp3) is 0.889. The van der Waals surface area contributed by atoms with Crippen LogP contribution in [0.4, 0.5) is 0 Å². The molecule has 66 valence electrons. The van der Waals surface area contributed by atoms with Gasteiger partial charge in [-0.05, 0) is 18.7 Å². The summed E-state index contributed by atoms with van der Waals surface area (Å²) >= 11 is 0.